The van der Waals surface area contributed by atoms with Gasteiger partial charge in [0.25, 0.3) is 5.91 Å². The minimum Gasteiger partial charge on any atom is -0.479 e. The molecular weight excluding hydrogens is 482 g/mol. The Kier molecular flexibility index (Phi) is 7.09. The first-order valence-corrected chi connectivity index (χ1v) is 9.09. The van der Waals surface area contributed by atoms with E-state index in [-0.39, 0.29) is 11.0 Å². The Hall–Kier alpha value is -1.09. The number of carbonyl (C=O) groups is 1. The standard InChI is InChI=1S/C16H13Cl2IN2O2S/c1-9(23-14-7-6-10(17)8-11(14)18)15(22)21-16(24)20-13-5-3-2-4-12(13)19/h2-9H,1H3,(H2,20,21,22,24). The molecule has 2 rings (SSSR count). The molecule has 126 valence electrons. The molecule has 0 aliphatic carbocycles. The molecule has 2 aromatic rings. The summed E-state index contributed by atoms with van der Waals surface area (Å²) in [5.41, 5.74) is 0.817. The quantitative estimate of drug-likeness (QED) is 0.470. The SMILES string of the molecule is CC(Oc1ccc(Cl)cc1Cl)C(=O)NC(=S)Nc1ccccc1I. The third-order valence-electron chi connectivity index (χ3n) is 2.93. The lowest BCUT2D eigenvalue weighted by molar-refractivity contribution is -0.125. The van der Waals surface area contributed by atoms with Gasteiger partial charge in [0.15, 0.2) is 11.2 Å². The number of hydrogen-bond donors (Lipinski definition) is 2. The van der Waals surface area contributed by atoms with Crippen molar-refractivity contribution in [3.63, 3.8) is 0 Å². The predicted octanol–water partition coefficient (Wildman–Crippen LogP) is 4.88. The molecule has 0 aliphatic heterocycles. The maximum atomic E-state index is 12.2. The topological polar surface area (TPSA) is 50.4 Å². The van der Waals surface area contributed by atoms with Crippen molar-refractivity contribution in [1.29, 1.82) is 0 Å². The summed E-state index contributed by atoms with van der Waals surface area (Å²) in [7, 11) is 0. The highest BCUT2D eigenvalue weighted by Crippen LogP contribution is 2.28. The average molecular weight is 495 g/mol. The lowest BCUT2D eigenvalue weighted by Gasteiger charge is -2.17. The van der Waals surface area contributed by atoms with Crippen molar-refractivity contribution >= 4 is 74.7 Å². The van der Waals surface area contributed by atoms with Crippen LogP contribution in [0.15, 0.2) is 42.5 Å². The van der Waals surface area contributed by atoms with Crippen LogP contribution in [-0.2, 0) is 4.79 Å². The van der Waals surface area contributed by atoms with Gasteiger partial charge in [0, 0.05) is 8.59 Å². The molecule has 24 heavy (non-hydrogen) atoms. The fraction of sp³-hybridized carbons (Fsp3) is 0.125. The Morgan fingerprint density at radius 2 is 1.96 bits per heavy atom. The Morgan fingerprint density at radius 3 is 2.62 bits per heavy atom. The van der Waals surface area contributed by atoms with E-state index in [2.05, 4.69) is 33.2 Å². The zero-order valence-corrected chi connectivity index (χ0v) is 17.0. The molecular formula is C16H13Cl2IN2O2S. The summed E-state index contributed by atoms with van der Waals surface area (Å²) in [4.78, 5) is 12.2. The minimum atomic E-state index is -0.779. The van der Waals surface area contributed by atoms with Crippen LogP contribution in [0.5, 0.6) is 5.75 Å². The number of thiocarbonyl (C=S) groups is 1. The number of ether oxygens (including phenoxy) is 1. The van der Waals surface area contributed by atoms with Crippen LogP contribution in [0.2, 0.25) is 10.0 Å². The van der Waals surface area contributed by atoms with Gasteiger partial charge in [-0.15, -0.1) is 0 Å². The first kappa shape index (κ1) is 19.2. The van der Waals surface area contributed by atoms with E-state index in [4.69, 9.17) is 40.2 Å². The molecule has 0 radical (unpaired) electrons. The highest BCUT2D eigenvalue weighted by atomic mass is 127. The largest absolute Gasteiger partial charge is 0.479 e. The molecule has 0 saturated heterocycles. The van der Waals surface area contributed by atoms with Crippen LogP contribution in [-0.4, -0.2) is 17.1 Å². The number of amides is 1. The second-order valence-electron chi connectivity index (χ2n) is 4.76. The van der Waals surface area contributed by atoms with Crippen LogP contribution < -0.4 is 15.4 Å². The van der Waals surface area contributed by atoms with E-state index in [0.29, 0.717) is 15.8 Å². The molecule has 1 unspecified atom stereocenters. The Labute approximate surface area is 169 Å². The van der Waals surface area contributed by atoms with Gasteiger partial charge in [-0.3, -0.25) is 10.1 Å². The van der Waals surface area contributed by atoms with Crippen molar-refractivity contribution in [3.05, 3.63) is 56.1 Å². The van der Waals surface area contributed by atoms with E-state index in [1.165, 1.54) is 0 Å². The van der Waals surface area contributed by atoms with E-state index >= 15 is 0 Å². The fourth-order valence-electron chi connectivity index (χ4n) is 1.74. The molecule has 0 saturated carbocycles. The maximum Gasteiger partial charge on any atom is 0.266 e. The summed E-state index contributed by atoms with van der Waals surface area (Å²) >= 11 is 19.2. The number of benzene rings is 2. The van der Waals surface area contributed by atoms with Crippen LogP contribution in [0.3, 0.4) is 0 Å². The molecule has 8 heteroatoms. The number of hydrogen-bond acceptors (Lipinski definition) is 3. The van der Waals surface area contributed by atoms with Crippen molar-refractivity contribution in [3.8, 4) is 5.75 Å². The normalized spacial score (nSPS) is 11.5. The highest BCUT2D eigenvalue weighted by molar-refractivity contribution is 14.1. The van der Waals surface area contributed by atoms with Crippen molar-refractivity contribution in [1.82, 2.24) is 5.32 Å². The highest BCUT2D eigenvalue weighted by Gasteiger charge is 2.17. The van der Waals surface area contributed by atoms with Crippen LogP contribution in [0.25, 0.3) is 0 Å². The molecule has 1 amide bonds. The smallest absolute Gasteiger partial charge is 0.266 e. The minimum absolute atomic E-state index is 0.196. The molecule has 2 aromatic carbocycles. The molecule has 0 aromatic heterocycles. The Balaban J connectivity index is 1.93. The Morgan fingerprint density at radius 1 is 1.25 bits per heavy atom. The average Bonchev–Trinajstić information content (AvgIpc) is 2.52. The number of nitrogens with one attached hydrogen (secondary N) is 2. The lowest BCUT2D eigenvalue weighted by Crippen LogP contribution is -2.42. The molecule has 4 nitrogen and oxygen atoms in total. The van der Waals surface area contributed by atoms with Crippen molar-refractivity contribution in [2.75, 3.05) is 5.32 Å². The fourth-order valence-corrected chi connectivity index (χ4v) is 2.93. The second kappa shape index (κ2) is 8.84. The van der Waals surface area contributed by atoms with E-state index < -0.39 is 6.10 Å². The van der Waals surface area contributed by atoms with Crippen molar-refractivity contribution < 1.29 is 9.53 Å². The summed E-state index contributed by atoms with van der Waals surface area (Å²) in [6, 6.07) is 12.4. The van der Waals surface area contributed by atoms with Gasteiger partial charge in [-0.1, -0.05) is 35.3 Å². The first-order chi connectivity index (χ1) is 11.4. The first-order valence-electron chi connectivity index (χ1n) is 6.85. The van der Waals surface area contributed by atoms with Crippen LogP contribution in [0, 0.1) is 3.57 Å². The second-order valence-corrected chi connectivity index (χ2v) is 7.17. The maximum absolute atomic E-state index is 12.2. The van der Waals surface area contributed by atoms with Crippen molar-refractivity contribution in [2.45, 2.75) is 13.0 Å². The van der Waals surface area contributed by atoms with Crippen LogP contribution >= 0.6 is 58.0 Å². The molecule has 0 spiro atoms. The number of anilines is 1. The van der Waals surface area contributed by atoms with Gasteiger partial charge in [0.05, 0.1) is 10.7 Å². The van der Waals surface area contributed by atoms with Gasteiger partial charge in [0.2, 0.25) is 0 Å². The van der Waals surface area contributed by atoms with E-state index in [0.717, 1.165) is 9.26 Å². The molecule has 0 fully saturated rings. The lowest BCUT2D eigenvalue weighted by atomic mass is 10.3. The predicted molar refractivity (Wildman–Crippen MR) is 110 cm³/mol. The number of rotatable bonds is 4. The molecule has 2 N–H and O–H groups in total. The summed E-state index contributed by atoms with van der Waals surface area (Å²) in [6.45, 7) is 1.61. The summed E-state index contributed by atoms with van der Waals surface area (Å²) in [6.07, 6.45) is -0.779. The van der Waals surface area contributed by atoms with E-state index in [1.807, 2.05) is 24.3 Å². The van der Waals surface area contributed by atoms with Crippen LogP contribution in [0.1, 0.15) is 6.92 Å². The van der Waals surface area contributed by atoms with Gasteiger partial charge in [0.1, 0.15) is 5.75 Å². The van der Waals surface area contributed by atoms with E-state index in [1.54, 1.807) is 25.1 Å². The van der Waals surface area contributed by atoms with Crippen LogP contribution in [0.4, 0.5) is 5.69 Å². The van der Waals surface area contributed by atoms with E-state index in [9.17, 15) is 4.79 Å². The zero-order chi connectivity index (χ0) is 17.7. The molecule has 1 atom stereocenters. The van der Waals surface area contributed by atoms with Gasteiger partial charge < -0.3 is 10.1 Å². The number of carbonyl (C=O) groups excluding carboxylic acids is 1. The Bertz CT molecular complexity index is 773. The zero-order valence-electron chi connectivity index (χ0n) is 12.5. The number of halogens is 3. The third kappa shape index (κ3) is 5.47. The summed E-state index contributed by atoms with van der Waals surface area (Å²) in [5, 5.41) is 6.59. The summed E-state index contributed by atoms with van der Waals surface area (Å²) < 4.78 is 6.53. The summed E-state index contributed by atoms with van der Waals surface area (Å²) in [5.74, 6) is -0.00958. The van der Waals surface area contributed by atoms with Crippen molar-refractivity contribution in [2.24, 2.45) is 0 Å². The molecule has 0 bridgehead atoms. The third-order valence-corrected chi connectivity index (χ3v) is 4.60. The van der Waals surface area contributed by atoms with Gasteiger partial charge in [-0.05, 0) is 72.1 Å². The number of para-hydroxylation sites is 1. The molecule has 0 aliphatic rings. The monoisotopic (exact) mass is 494 g/mol. The van der Waals surface area contributed by atoms with Gasteiger partial charge in [-0.25, -0.2) is 0 Å². The molecule has 0 heterocycles. The van der Waals surface area contributed by atoms with Gasteiger partial charge in [-0.2, -0.15) is 0 Å². The van der Waals surface area contributed by atoms with Gasteiger partial charge >= 0.3 is 0 Å².